The molecule has 0 aromatic carbocycles. The van der Waals surface area contributed by atoms with E-state index in [0.29, 0.717) is 0 Å². The van der Waals surface area contributed by atoms with Gasteiger partial charge < -0.3 is 5.32 Å². The van der Waals surface area contributed by atoms with Crippen LogP contribution in [0.25, 0.3) is 0 Å². The van der Waals surface area contributed by atoms with Crippen molar-refractivity contribution in [1.82, 2.24) is 5.32 Å². The van der Waals surface area contributed by atoms with Gasteiger partial charge in [-0.2, -0.15) is 0 Å². The van der Waals surface area contributed by atoms with E-state index in [-0.39, 0.29) is 0 Å². The van der Waals surface area contributed by atoms with Crippen molar-refractivity contribution in [2.45, 2.75) is 45.1 Å². The predicted octanol–water partition coefficient (Wildman–Crippen LogP) is 2.17. The average Bonchev–Trinajstić information content (AvgIpc) is 1.90. The van der Waals surface area contributed by atoms with Gasteiger partial charge in [-0.1, -0.05) is 19.3 Å². The minimum absolute atomic E-state index is 0.784. The summed E-state index contributed by atoms with van der Waals surface area (Å²) in [7, 11) is 0. The van der Waals surface area contributed by atoms with E-state index in [1.165, 1.54) is 38.6 Å². The summed E-state index contributed by atoms with van der Waals surface area (Å²) in [5, 5.41) is 3.58. The third-order valence-electron chi connectivity index (χ3n) is 3.52. The first-order valence-corrected chi connectivity index (χ1v) is 5.09. The fourth-order valence-corrected chi connectivity index (χ4v) is 2.33. The van der Waals surface area contributed by atoms with Gasteiger partial charge >= 0.3 is 0 Å². The Kier molecular flexibility index (Phi) is 2.17. The van der Waals surface area contributed by atoms with Crippen LogP contribution in [0.5, 0.6) is 0 Å². The van der Waals surface area contributed by atoms with E-state index in [1.807, 2.05) is 0 Å². The van der Waals surface area contributed by atoms with Crippen molar-refractivity contribution in [3.8, 4) is 0 Å². The largest absolute Gasteiger partial charge is 0.314 e. The van der Waals surface area contributed by atoms with Gasteiger partial charge in [-0.15, -0.1) is 0 Å². The molecule has 2 atom stereocenters. The van der Waals surface area contributed by atoms with Gasteiger partial charge in [0.2, 0.25) is 0 Å². The number of nitrogens with one attached hydrogen (secondary N) is 1. The Bertz CT molecular complexity index is 121. The summed E-state index contributed by atoms with van der Waals surface area (Å²) < 4.78 is 0. The number of piperidine rings is 1. The summed E-state index contributed by atoms with van der Waals surface area (Å²) in [6.45, 7) is 3.60. The lowest BCUT2D eigenvalue weighted by Crippen LogP contribution is -2.41. The highest BCUT2D eigenvalue weighted by molar-refractivity contribution is 4.83. The van der Waals surface area contributed by atoms with Crippen LogP contribution in [0.2, 0.25) is 0 Å². The third kappa shape index (κ3) is 1.58. The highest BCUT2D eigenvalue weighted by atomic mass is 14.9. The Balaban J connectivity index is 1.77. The molecule has 1 aliphatic heterocycles. The Morgan fingerprint density at radius 3 is 2.27 bits per heavy atom. The molecule has 1 N–H and O–H groups in total. The Hall–Kier alpha value is -0.0400. The molecule has 1 heteroatoms. The Morgan fingerprint density at radius 2 is 1.82 bits per heavy atom. The smallest absolute Gasteiger partial charge is 0.00389 e. The molecular formula is C10H19N. The highest BCUT2D eigenvalue weighted by Crippen LogP contribution is 2.36. The SMILES string of the molecule is CC1CCC(C2CCC2)CN1. The van der Waals surface area contributed by atoms with Crippen LogP contribution >= 0.6 is 0 Å². The molecule has 0 amide bonds. The van der Waals surface area contributed by atoms with Gasteiger partial charge in [0.1, 0.15) is 0 Å². The molecule has 2 aliphatic rings. The normalized spacial score (nSPS) is 40.1. The summed E-state index contributed by atoms with van der Waals surface area (Å²) in [6, 6.07) is 0.784. The molecule has 1 heterocycles. The number of rotatable bonds is 1. The molecule has 1 nitrogen and oxygen atoms in total. The van der Waals surface area contributed by atoms with Crippen molar-refractivity contribution >= 4 is 0 Å². The third-order valence-corrected chi connectivity index (χ3v) is 3.52. The molecule has 1 saturated carbocycles. The van der Waals surface area contributed by atoms with Crippen molar-refractivity contribution in [2.75, 3.05) is 6.54 Å². The zero-order chi connectivity index (χ0) is 7.68. The summed E-state index contributed by atoms with van der Waals surface area (Å²) >= 11 is 0. The zero-order valence-corrected chi connectivity index (χ0v) is 7.47. The predicted molar refractivity (Wildman–Crippen MR) is 47.5 cm³/mol. The highest BCUT2D eigenvalue weighted by Gasteiger charge is 2.29. The summed E-state index contributed by atoms with van der Waals surface area (Å²) in [5.74, 6) is 2.12. The quantitative estimate of drug-likeness (QED) is 0.609. The van der Waals surface area contributed by atoms with Crippen molar-refractivity contribution < 1.29 is 0 Å². The molecular weight excluding hydrogens is 134 g/mol. The van der Waals surface area contributed by atoms with Gasteiger partial charge in [-0.3, -0.25) is 0 Å². The van der Waals surface area contributed by atoms with Crippen LogP contribution in [0.15, 0.2) is 0 Å². The molecule has 0 bridgehead atoms. The second kappa shape index (κ2) is 3.14. The molecule has 2 rings (SSSR count). The van der Waals surface area contributed by atoms with Crippen LogP contribution in [0.1, 0.15) is 39.0 Å². The summed E-state index contributed by atoms with van der Waals surface area (Å²) in [6.07, 6.45) is 7.41. The van der Waals surface area contributed by atoms with E-state index in [9.17, 15) is 0 Å². The van der Waals surface area contributed by atoms with Crippen LogP contribution in [-0.2, 0) is 0 Å². The van der Waals surface area contributed by atoms with Crippen molar-refractivity contribution in [3.63, 3.8) is 0 Å². The molecule has 0 radical (unpaired) electrons. The average molecular weight is 153 g/mol. The molecule has 64 valence electrons. The van der Waals surface area contributed by atoms with E-state index in [0.717, 1.165) is 17.9 Å². The monoisotopic (exact) mass is 153 g/mol. The maximum Gasteiger partial charge on any atom is 0.00389 e. The maximum atomic E-state index is 3.58. The van der Waals surface area contributed by atoms with Gasteiger partial charge in [0.25, 0.3) is 0 Å². The molecule has 0 spiro atoms. The molecule has 1 aliphatic carbocycles. The van der Waals surface area contributed by atoms with Crippen molar-refractivity contribution in [3.05, 3.63) is 0 Å². The first-order chi connectivity index (χ1) is 5.36. The molecule has 11 heavy (non-hydrogen) atoms. The fraction of sp³-hybridized carbons (Fsp3) is 1.00. The molecule has 0 aromatic rings. The Morgan fingerprint density at radius 1 is 1.00 bits per heavy atom. The molecule has 2 fully saturated rings. The van der Waals surface area contributed by atoms with E-state index >= 15 is 0 Å². The minimum Gasteiger partial charge on any atom is -0.314 e. The van der Waals surface area contributed by atoms with Crippen LogP contribution < -0.4 is 5.32 Å². The van der Waals surface area contributed by atoms with Gasteiger partial charge in [0.15, 0.2) is 0 Å². The second-order valence-corrected chi connectivity index (χ2v) is 4.34. The van der Waals surface area contributed by atoms with Crippen molar-refractivity contribution in [1.29, 1.82) is 0 Å². The fourth-order valence-electron chi connectivity index (χ4n) is 2.33. The minimum atomic E-state index is 0.784. The van der Waals surface area contributed by atoms with E-state index in [2.05, 4.69) is 12.2 Å². The van der Waals surface area contributed by atoms with Gasteiger partial charge in [0.05, 0.1) is 0 Å². The maximum absolute atomic E-state index is 3.58. The second-order valence-electron chi connectivity index (χ2n) is 4.34. The van der Waals surface area contributed by atoms with Crippen LogP contribution in [0.4, 0.5) is 0 Å². The number of hydrogen-bond donors (Lipinski definition) is 1. The number of hydrogen-bond acceptors (Lipinski definition) is 1. The van der Waals surface area contributed by atoms with E-state index < -0.39 is 0 Å². The molecule has 0 aromatic heterocycles. The molecule has 2 unspecified atom stereocenters. The van der Waals surface area contributed by atoms with E-state index in [4.69, 9.17) is 0 Å². The standard InChI is InChI=1S/C10H19N/c1-8-5-6-10(7-11-8)9-3-2-4-9/h8-11H,2-7H2,1H3. The first-order valence-electron chi connectivity index (χ1n) is 5.09. The van der Waals surface area contributed by atoms with Crippen LogP contribution in [0, 0.1) is 11.8 Å². The summed E-state index contributed by atoms with van der Waals surface area (Å²) in [4.78, 5) is 0. The molecule has 1 saturated heterocycles. The lowest BCUT2D eigenvalue weighted by atomic mass is 9.72. The van der Waals surface area contributed by atoms with Gasteiger partial charge in [-0.05, 0) is 38.1 Å². The van der Waals surface area contributed by atoms with Crippen molar-refractivity contribution in [2.24, 2.45) is 11.8 Å². The van der Waals surface area contributed by atoms with Crippen LogP contribution in [0.3, 0.4) is 0 Å². The zero-order valence-electron chi connectivity index (χ0n) is 7.47. The van der Waals surface area contributed by atoms with Gasteiger partial charge in [0, 0.05) is 6.04 Å². The Labute approximate surface area is 69.6 Å². The lowest BCUT2D eigenvalue weighted by molar-refractivity contribution is 0.159. The summed E-state index contributed by atoms with van der Waals surface area (Å²) in [5.41, 5.74) is 0. The van der Waals surface area contributed by atoms with Crippen LogP contribution in [-0.4, -0.2) is 12.6 Å². The topological polar surface area (TPSA) is 12.0 Å². The van der Waals surface area contributed by atoms with E-state index in [1.54, 1.807) is 0 Å². The van der Waals surface area contributed by atoms with Gasteiger partial charge in [-0.25, -0.2) is 0 Å². The lowest BCUT2D eigenvalue weighted by Gasteiger charge is -2.38. The first kappa shape index (κ1) is 7.60.